The highest BCUT2D eigenvalue weighted by molar-refractivity contribution is 6.33. The molecule has 0 saturated heterocycles. The predicted molar refractivity (Wildman–Crippen MR) is 86.0 cm³/mol. The average Bonchev–Trinajstić information content (AvgIpc) is 3.23. The number of ether oxygens (including phenoxy) is 1. The smallest absolute Gasteiger partial charge is 0.131 e. The molecule has 108 valence electrons. The fraction of sp³-hybridized carbons (Fsp3) is 0.333. The van der Waals surface area contributed by atoms with Gasteiger partial charge in [0, 0.05) is 35.2 Å². The van der Waals surface area contributed by atoms with Crippen LogP contribution in [0.3, 0.4) is 0 Å². The first-order valence-corrected chi connectivity index (χ1v) is 7.96. The lowest BCUT2D eigenvalue weighted by molar-refractivity contribution is 0.228. The van der Waals surface area contributed by atoms with Crippen molar-refractivity contribution in [2.45, 2.75) is 31.4 Å². The number of benzene rings is 2. The highest BCUT2D eigenvalue weighted by Crippen LogP contribution is 2.41. The molecule has 3 heteroatoms. The molecule has 1 heterocycles. The quantitative estimate of drug-likeness (QED) is 0.919. The molecule has 0 spiro atoms. The van der Waals surface area contributed by atoms with Crippen LogP contribution in [0.15, 0.2) is 42.5 Å². The average molecular weight is 300 g/mol. The predicted octanol–water partition coefficient (Wildman–Crippen LogP) is 4.06. The molecule has 2 aliphatic rings. The molecule has 1 saturated carbocycles. The summed E-state index contributed by atoms with van der Waals surface area (Å²) in [5.74, 6) is 1.01. The van der Waals surface area contributed by atoms with Gasteiger partial charge in [0.2, 0.25) is 0 Å². The van der Waals surface area contributed by atoms with Crippen LogP contribution in [0.1, 0.15) is 18.4 Å². The van der Waals surface area contributed by atoms with E-state index in [0.717, 1.165) is 40.9 Å². The molecule has 0 amide bonds. The zero-order valence-corrected chi connectivity index (χ0v) is 12.6. The fourth-order valence-electron chi connectivity index (χ4n) is 2.93. The summed E-state index contributed by atoms with van der Waals surface area (Å²) < 4.78 is 6.20. The van der Waals surface area contributed by atoms with Crippen LogP contribution in [0.2, 0.25) is 5.02 Å². The van der Waals surface area contributed by atoms with Gasteiger partial charge >= 0.3 is 0 Å². The second-order valence-corrected chi connectivity index (χ2v) is 6.31. The third-order valence-corrected chi connectivity index (χ3v) is 4.53. The van der Waals surface area contributed by atoms with Gasteiger partial charge in [0.05, 0.1) is 0 Å². The Kier molecular flexibility index (Phi) is 3.36. The van der Waals surface area contributed by atoms with Crippen molar-refractivity contribution in [3.05, 3.63) is 53.1 Å². The zero-order chi connectivity index (χ0) is 14.2. The van der Waals surface area contributed by atoms with E-state index in [1.165, 1.54) is 18.4 Å². The summed E-state index contributed by atoms with van der Waals surface area (Å²) in [6.07, 6.45) is 3.84. The maximum atomic E-state index is 6.34. The summed E-state index contributed by atoms with van der Waals surface area (Å²) >= 11 is 6.34. The molecule has 1 unspecified atom stereocenters. The van der Waals surface area contributed by atoms with Gasteiger partial charge in [0.15, 0.2) is 0 Å². The molecule has 21 heavy (non-hydrogen) atoms. The van der Waals surface area contributed by atoms with E-state index >= 15 is 0 Å². The van der Waals surface area contributed by atoms with Crippen LogP contribution in [-0.4, -0.2) is 18.7 Å². The molecule has 2 aromatic carbocycles. The van der Waals surface area contributed by atoms with Crippen molar-refractivity contribution >= 4 is 11.6 Å². The minimum atomic E-state index is 0.240. The first-order valence-electron chi connectivity index (χ1n) is 7.58. The van der Waals surface area contributed by atoms with Gasteiger partial charge in [-0.25, -0.2) is 0 Å². The number of para-hydroxylation sites is 1. The van der Waals surface area contributed by atoms with Gasteiger partial charge in [0.1, 0.15) is 11.9 Å². The van der Waals surface area contributed by atoms with Crippen molar-refractivity contribution in [2.24, 2.45) is 0 Å². The number of hydrogen-bond acceptors (Lipinski definition) is 2. The van der Waals surface area contributed by atoms with Gasteiger partial charge in [0.25, 0.3) is 0 Å². The fourth-order valence-corrected chi connectivity index (χ4v) is 3.17. The minimum Gasteiger partial charge on any atom is -0.488 e. The van der Waals surface area contributed by atoms with Crippen molar-refractivity contribution < 1.29 is 4.74 Å². The summed E-state index contributed by atoms with van der Waals surface area (Å²) in [6.45, 7) is 0.932. The largest absolute Gasteiger partial charge is 0.488 e. The van der Waals surface area contributed by atoms with E-state index in [0.29, 0.717) is 0 Å². The Labute approximate surface area is 130 Å². The lowest BCUT2D eigenvalue weighted by atomic mass is 10.0. The van der Waals surface area contributed by atoms with Crippen LogP contribution < -0.4 is 10.1 Å². The third-order valence-electron chi connectivity index (χ3n) is 4.20. The van der Waals surface area contributed by atoms with Gasteiger partial charge in [-0.3, -0.25) is 0 Å². The van der Waals surface area contributed by atoms with E-state index in [1.807, 2.05) is 18.2 Å². The number of halogens is 1. The van der Waals surface area contributed by atoms with Crippen LogP contribution in [0.5, 0.6) is 5.75 Å². The van der Waals surface area contributed by atoms with Gasteiger partial charge < -0.3 is 10.1 Å². The molecule has 0 bridgehead atoms. The molecule has 1 fully saturated rings. The molecule has 1 aliphatic heterocycles. The molecule has 2 nitrogen and oxygen atoms in total. The molecule has 0 radical (unpaired) electrons. The maximum absolute atomic E-state index is 6.34. The van der Waals surface area contributed by atoms with E-state index in [-0.39, 0.29) is 6.10 Å². The van der Waals surface area contributed by atoms with Crippen molar-refractivity contribution in [2.75, 3.05) is 6.54 Å². The monoisotopic (exact) mass is 299 g/mol. The second kappa shape index (κ2) is 5.36. The highest BCUT2D eigenvalue weighted by atomic mass is 35.5. The van der Waals surface area contributed by atoms with E-state index in [9.17, 15) is 0 Å². The summed E-state index contributed by atoms with van der Waals surface area (Å²) in [5.41, 5.74) is 3.44. The highest BCUT2D eigenvalue weighted by Gasteiger charge is 2.28. The maximum Gasteiger partial charge on any atom is 0.131 e. The Morgan fingerprint density at radius 2 is 1.86 bits per heavy atom. The molecular weight excluding hydrogens is 282 g/mol. The normalized spacial score (nSPS) is 20.1. The van der Waals surface area contributed by atoms with Crippen molar-refractivity contribution in [3.8, 4) is 16.9 Å². The van der Waals surface area contributed by atoms with Crippen molar-refractivity contribution in [3.63, 3.8) is 0 Å². The molecule has 4 rings (SSSR count). The Hall–Kier alpha value is -1.51. The van der Waals surface area contributed by atoms with Crippen molar-refractivity contribution in [1.29, 1.82) is 0 Å². The number of nitrogens with one attached hydrogen (secondary N) is 1. The van der Waals surface area contributed by atoms with Crippen molar-refractivity contribution in [1.82, 2.24) is 5.32 Å². The van der Waals surface area contributed by atoms with Gasteiger partial charge in [-0.1, -0.05) is 48.0 Å². The van der Waals surface area contributed by atoms with E-state index in [1.54, 1.807) is 0 Å². The van der Waals surface area contributed by atoms with Gasteiger partial charge in [-0.05, 0) is 24.5 Å². The van der Waals surface area contributed by atoms with Crippen LogP contribution in [0.4, 0.5) is 0 Å². The summed E-state index contributed by atoms with van der Waals surface area (Å²) in [4.78, 5) is 0. The third kappa shape index (κ3) is 2.66. The van der Waals surface area contributed by atoms with Gasteiger partial charge in [-0.2, -0.15) is 0 Å². The number of fused-ring (bicyclic) bond motifs is 1. The van der Waals surface area contributed by atoms with Crippen LogP contribution in [0.25, 0.3) is 11.1 Å². The first-order chi connectivity index (χ1) is 10.3. The van der Waals surface area contributed by atoms with Crippen LogP contribution >= 0.6 is 11.6 Å². The molecule has 1 N–H and O–H groups in total. The van der Waals surface area contributed by atoms with E-state index < -0.39 is 0 Å². The molecule has 1 atom stereocenters. The Morgan fingerprint density at radius 3 is 2.67 bits per heavy atom. The number of rotatable bonds is 4. The Bertz CT molecular complexity index is 666. The standard InChI is InChI=1S/C18H18ClNO/c19-17-7-2-1-5-15(17)16-6-3-4-12-10-14(21-18(12)16)11-20-13-8-9-13/h1-7,13-14,20H,8-11H2. The topological polar surface area (TPSA) is 21.3 Å². The summed E-state index contributed by atoms with van der Waals surface area (Å²) in [6, 6.07) is 15.0. The lowest BCUT2D eigenvalue weighted by Crippen LogP contribution is -2.31. The summed E-state index contributed by atoms with van der Waals surface area (Å²) in [7, 11) is 0. The second-order valence-electron chi connectivity index (χ2n) is 5.90. The molecular formula is C18H18ClNO. The number of hydrogen-bond donors (Lipinski definition) is 1. The van der Waals surface area contributed by atoms with E-state index in [4.69, 9.17) is 16.3 Å². The first kappa shape index (κ1) is 13.2. The molecule has 1 aliphatic carbocycles. The SMILES string of the molecule is Clc1ccccc1-c1cccc2c1OC(CNC1CC1)C2. The minimum absolute atomic E-state index is 0.240. The Morgan fingerprint density at radius 1 is 1.05 bits per heavy atom. The van der Waals surface area contributed by atoms with Gasteiger partial charge in [-0.15, -0.1) is 0 Å². The zero-order valence-electron chi connectivity index (χ0n) is 11.8. The summed E-state index contributed by atoms with van der Waals surface area (Å²) in [5, 5.41) is 4.33. The lowest BCUT2D eigenvalue weighted by Gasteiger charge is -2.13. The molecule has 2 aromatic rings. The van der Waals surface area contributed by atoms with E-state index in [2.05, 4.69) is 29.6 Å². The molecule has 0 aromatic heterocycles. The van der Waals surface area contributed by atoms with Crippen LogP contribution in [-0.2, 0) is 6.42 Å². The van der Waals surface area contributed by atoms with Crippen LogP contribution in [0, 0.1) is 0 Å². The Balaban J connectivity index is 1.61.